The Bertz CT molecular complexity index is 1140. The lowest BCUT2D eigenvalue weighted by Crippen LogP contribution is -2.22. The third-order valence-corrected chi connectivity index (χ3v) is 5.25. The average molecular weight is 499 g/mol. The first-order valence-corrected chi connectivity index (χ1v) is 11.3. The van der Waals surface area contributed by atoms with Gasteiger partial charge in [-0.15, -0.1) is 0 Å². The highest BCUT2D eigenvalue weighted by Crippen LogP contribution is 2.29. The molecule has 0 heterocycles. The van der Waals surface area contributed by atoms with Gasteiger partial charge >= 0.3 is 5.97 Å². The monoisotopic (exact) mass is 498 g/mol. The van der Waals surface area contributed by atoms with E-state index in [1.807, 2.05) is 0 Å². The molecule has 0 aliphatic rings. The summed E-state index contributed by atoms with van der Waals surface area (Å²) in [5.41, 5.74) is 2.13. The summed E-state index contributed by atoms with van der Waals surface area (Å²) in [6.07, 6.45) is -1.06. The zero-order chi connectivity index (χ0) is 27.0. The van der Waals surface area contributed by atoms with Gasteiger partial charge in [-0.05, 0) is 67.7 Å². The van der Waals surface area contributed by atoms with Crippen LogP contribution in [0.3, 0.4) is 0 Å². The van der Waals surface area contributed by atoms with Gasteiger partial charge in [0.25, 0.3) is 0 Å². The first-order valence-electron chi connectivity index (χ1n) is 11.3. The van der Waals surface area contributed by atoms with Crippen molar-refractivity contribution in [3.05, 3.63) is 102 Å². The number of ether oxygens (including phenoxy) is 3. The normalized spacial score (nSPS) is 12.3. The molecule has 2 atom stereocenters. The van der Waals surface area contributed by atoms with Crippen molar-refractivity contribution in [3.63, 3.8) is 0 Å². The SMILES string of the molecule is C=C(C)C(=C)OCC(COC(=O)C(=C)C)Cc1ccc(-c2ccc(OC(O)C(=C)C)cc2F)cc1F. The van der Waals surface area contributed by atoms with Crippen molar-refractivity contribution in [1.29, 1.82) is 0 Å². The molecule has 2 aromatic rings. The van der Waals surface area contributed by atoms with Gasteiger partial charge in [0, 0.05) is 23.1 Å². The largest absolute Gasteiger partial charge is 0.494 e. The number of halogens is 2. The fourth-order valence-corrected chi connectivity index (χ4v) is 3.05. The number of hydrogen-bond donors (Lipinski definition) is 1. The third-order valence-electron chi connectivity index (χ3n) is 5.25. The highest BCUT2D eigenvalue weighted by atomic mass is 19.1. The van der Waals surface area contributed by atoms with Crippen LogP contribution in [0.4, 0.5) is 8.78 Å². The molecule has 2 unspecified atom stereocenters. The Morgan fingerprint density at radius 3 is 2.14 bits per heavy atom. The van der Waals surface area contributed by atoms with E-state index in [-0.39, 0.29) is 42.4 Å². The molecule has 192 valence electrons. The molecule has 5 nitrogen and oxygen atoms in total. The number of benzene rings is 2. The lowest BCUT2D eigenvalue weighted by Gasteiger charge is -2.19. The molecule has 0 saturated carbocycles. The summed E-state index contributed by atoms with van der Waals surface area (Å²) in [4.78, 5) is 11.8. The fourth-order valence-electron chi connectivity index (χ4n) is 3.05. The number of rotatable bonds is 13. The summed E-state index contributed by atoms with van der Waals surface area (Å²) in [6.45, 7) is 19.7. The Balaban J connectivity index is 2.20. The van der Waals surface area contributed by atoms with Crippen molar-refractivity contribution >= 4 is 5.97 Å². The topological polar surface area (TPSA) is 65.0 Å². The average Bonchev–Trinajstić information content (AvgIpc) is 2.81. The molecular formula is C29H32F2O5. The molecule has 0 aliphatic carbocycles. The van der Waals surface area contributed by atoms with Crippen LogP contribution >= 0.6 is 0 Å². The molecule has 0 spiro atoms. The van der Waals surface area contributed by atoms with E-state index in [2.05, 4.69) is 26.3 Å². The van der Waals surface area contributed by atoms with Gasteiger partial charge < -0.3 is 19.3 Å². The van der Waals surface area contributed by atoms with Gasteiger partial charge in [-0.3, -0.25) is 0 Å². The zero-order valence-corrected chi connectivity index (χ0v) is 20.9. The van der Waals surface area contributed by atoms with Crippen molar-refractivity contribution in [2.45, 2.75) is 33.5 Å². The number of carbonyl (C=O) groups is 1. The van der Waals surface area contributed by atoms with E-state index in [1.165, 1.54) is 25.1 Å². The van der Waals surface area contributed by atoms with Gasteiger partial charge in [-0.1, -0.05) is 38.4 Å². The first-order chi connectivity index (χ1) is 16.9. The molecule has 0 aliphatic heterocycles. The standard InChI is InChI=1S/C29H32F2O5/c1-17(2)20(7)34-15-21(16-35-28(32)18(3)4)12-23-9-8-22(13-26(23)30)25-11-10-24(14-27(25)31)36-29(33)19(5)6/h8-11,13-14,21,29,33H,1,3,5,7,12,15-16H2,2,4,6H3. The summed E-state index contributed by atoms with van der Waals surface area (Å²) in [6, 6.07) is 8.44. The van der Waals surface area contributed by atoms with E-state index < -0.39 is 23.9 Å². The Hall–Kier alpha value is -3.71. The summed E-state index contributed by atoms with van der Waals surface area (Å²) >= 11 is 0. The van der Waals surface area contributed by atoms with E-state index in [4.69, 9.17) is 14.2 Å². The van der Waals surface area contributed by atoms with Gasteiger partial charge in [0.1, 0.15) is 23.1 Å². The molecule has 1 N–H and O–H groups in total. The van der Waals surface area contributed by atoms with Crippen LogP contribution in [0.1, 0.15) is 26.3 Å². The number of aliphatic hydroxyl groups excluding tert-OH is 1. The molecular weight excluding hydrogens is 466 g/mol. The zero-order valence-electron chi connectivity index (χ0n) is 20.9. The first kappa shape index (κ1) is 28.5. The van der Waals surface area contributed by atoms with Crippen LogP contribution in [0.5, 0.6) is 5.75 Å². The lowest BCUT2D eigenvalue weighted by atomic mass is 9.97. The third kappa shape index (κ3) is 8.20. The van der Waals surface area contributed by atoms with Crippen molar-refractivity contribution in [1.82, 2.24) is 0 Å². The van der Waals surface area contributed by atoms with Crippen LogP contribution in [-0.2, 0) is 20.7 Å². The van der Waals surface area contributed by atoms with E-state index in [0.29, 0.717) is 28.0 Å². The maximum Gasteiger partial charge on any atom is 0.333 e. The number of esters is 1. The molecule has 0 saturated heterocycles. The summed E-state index contributed by atoms with van der Waals surface area (Å²) < 4.78 is 45.8. The van der Waals surface area contributed by atoms with Crippen molar-refractivity contribution in [2.75, 3.05) is 13.2 Å². The van der Waals surface area contributed by atoms with E-state index in [0.717, 1.165) is 6.07 Å². The van der Waals surface area contributed by atoms with Crippen molar-refractivity contribution in [2.24, 2.45) is 5.92 Å². The Kier molecular flexibility index (Phi) is 10.2. The van der Waals surface area contributed by atoms with E-state index in [1.54, 1.807) is 26.0 Å². The van der Waals surface area contributed by atoms with Crippen molar-refractivity contribution < 1.29 is 32.9 Å². The molecule has 7 heteroatoms. The van der Waals surface area contributed by atoms with Crippen LogP contribution in [-0.4, -0.2) is 30.6 Å². The van der Waals surface area contributed by atoms with E-state index in [9.17, 15) is 14.3 Å². The van der Waals surface area contributed by atoms with Gasteiger partial charge in [0.15, 0.2) is 0 Å². The maximum atomic E-state index is 15.0. The van der Waals surface area contributed by atoms with Crippen molar-refractivity contribution in [3.8, 4) is 16.9 Å². The van der Waals surface area contributed by atoms with Crippen LogP contribution in [0.15, 0.2) is 85.2 Å². The van der Waals surface area contributed by atoms with Crippen LogP contribution in [0.2, 0.25) is 0 Å². The quantitative estimate of drug-likeness (QED) is 0.0878. The predicted octanol–water partition coefficient (Wildman–Crippen LogP) is 6.29. The Morgan fingerprint density at radius 1 is 0.917 bits per heavy atom. The molecule has 0 aromatic heterocycles. The molecule has 0 bridgehead atoms. The summed E-state index contributed by atoms with van der Waals surface area (Å²) in [5, 5.41) is 9.74. The van der Waals surface area contributed by atoms with Gasteiger partial charge in [-0.25, -0.2) is 13.6 Å². The van der Waals surface area contributed by atoms with Crippen LogP contribution in [0, 0.1) is 17.6 Å². The number of allylic oxidation sites excluding steroid dienone is 1. The van der Waals surface area contributed by atoms with E-state index >= 15 is 4.39 Å². The molecule has 36 heavy (non-hydrogen) atoms. The van der Waals surface area contributed by atoms with Crippen LogP contribution in [0.25, 0.3) is 11.1 Å². The molecule has 0 fully saturated rings. The molecule has 2 rings (SSSR count). The highest BCUT2D eigenvalue weighted by Gasteiger charge is 2.18. The second-order valence-electron chi connectivity index (χ2n) is 8.73. The summed E-state index contributed by atoms with van der Waals surface area (Å²) in [5.74, 6) is -1.59. The van der Waals surface area contributed by atoms with Gasteiger partial charge in [0.2, 0.25) is 6.29 Å². The maximum absolute atomic E-state index is 15.0. The smallest absolute Gasteiger partial charge is 0.333 e. The Labute approximate surface area is 211 Å². The van der Waals surface area contributed by atoms with Crippen LogP contribution < -0.4 is 4.74 Å². The second-order valence-corrected chi connectivity index (χ2v) is 8.73. The number of aliphatic hydroxyl groups is 1. The minimum atomic E-state index is -1.26. The molecule has 0 amide bonds. The number of hydrogen-bond acceptors (Lipinski definition) is 5. The molecule has 0 radical (unpaired) electrons. The second kappa shape index (κ2) is 12.8. The summed E-state index contributed by atoms with van der Waals surface area (Å²) in [7, 11) is 0. The Morgan fingerprint density at radius 2 is 1.58 bits per heavy atom. The molecule has 2 aromatic carbocycles. The number of carbonyl (C=O) groups excluding carboxylic acids is 1. The lowest BCUT2D eigenvalue weighted by molar-refractivity contribution is -0.140. The predicted molar refractivity (Wildman–Crippen MR) is 136 cm³/mol. The minimum absolute atomic E-state index is 0.0114. The van der Waals surface area contributed by atoms with Gasteiger partial charge in [-0.2, -0.15) is 0 Å². The minimum Gasteiger partial charge on any atom is -0.494 e. The van der Waals surface area contributed by atoms with Gasteiger partial charge in [0.05, 0.1) is 13.2 Å². The highest BCUT2D eigenvalue weighted by molar-refractivity contribution is 5.86. The fraction of sp³-hybridized carbons (Fsp3) is 0.276.